The van der Waals surface area contributed by atoms with Crippen molar-refractivity contribution in [3.63, 3.8) is 0 Å². The number of rotatable bonds is 4. The standard InChI is InChI=1S/C18H26/c1-6-13(4)15-10-16-8-12(3)9-18(16)17(11-15)14(5)7-2/h9-11,13-14H,6-8H2,1-5H3. The molecule has 0 aromatic heterocycles. The second kappa shape index (κ2) is 5.30. The number of benzene rings is 1. The minimum Gasteiger partial charge on any atom is -0.0683 e. The van der Waals surface area contributed by atoms with Gasteiger partial charge in [-0.15, -0.1) is 0 Å². The number of hydrogen-bond acceptors (Lipinski definition) is 0. The molecule has 2 atom stereocenters. The molecule has 0 saturated heterocycles. The van der Waals surface area contributed by atoms with Gasteiger partial charge < -0.3 is 0 Å². The van der Waals surface area contributed by atoms with E-state index in [2.05, 4.69) is 52.8 Å². The zero-order valence-corrected chi connectivity index (χ0v) is 12.5. The molecule has 1 aliphatic carbocycles. The molecule has 0 aliphatic heterocycles. The highest BCUT2D eigenvalue weighted by molar-refractivity contribution is 5.68. The first-order chi connectivity index (χ1) is 8.56. The van der Waals surface area contributed by atoms with Crippen LogP contribution in [0.1, 0.15) is 81.5 Å². The summed E-state index contributed by atoms with van der Waals surface area (Å²) in [6.45, 7) is 11.5. The fraction of sp³-hybridized carbons (Fsp3) is 0.556. The summed E-state index contributed by atoms with van der Waals surface area (Å²) in [5, 5.41) is 0. The van der Waals surface area contributed by atoms with Gasteiger partial charge in [0.1, 0.15) is 0 Å². The smallest absolute Gasteiger partial charge is 0.00604 e. The van der Waals surface area contributed by atoms with E-state index < -0.39 is 0 Å². The molecule has 1 aromatic rings. The van der Waals surface area contributed by atoms with E-state index in [1.807, 2.05) is 0 Å². The van der Waals surface area contributed by atoms with Crippen molar-refractivity contribution in [1.82, 2.24) is 0 Å². The van der Waals surface area contributed by atoms with Gasteiger partial charge in [0.25, 0.3) is 0 Å². The van der Waals surface area contributed by atoms with Crippen LogP contribution in [-0.2, 0) is 6.42 Å². The highest BCUT2D eigenvalue weighted by Crippen LogP contribution is 2.36. The first-order valence-corrected chi connectivity index (χ1v) is 7.40. The molecule has 0 heterocycles. The molecule has 0 saturated carbocycles. The van der Waals surface area contributed by atoms with E-state index in [0.717, 1.165) is 6.42 Å². The van der Waals surface area contributed by atoms with E-state index in [1.165, 1.54) is 29.5 Å². The second-order valence-corrected chi connectivity index (χ2v) is 5.97. The average molecular weight is 242 g/mol. The molecular weight excluding hydrogens is 216 g/mol. The lowest BCUT2D eigenvalue weighted by molar-refractivity contribution is 0.708. The minimum atomic E-state index is 0.671. The monoisotopic (exact) mass is 242 g/mol. The van der Waals surface area contributed by atoms with Crippen molar-refractivity contribution in [2.75, 3.05) is 0 Å². The van der Waals surface area contributed by atoms with Crippen LogP contribution in [0, 0.1) is 0 Å². The van der Waals surface area contributed by atoms with Gasteiger partial charge >= 0.3 is 0 Å². The molecule has 0 fully saturated rings. The predicted octanol–water partition coefficient (Wildman–Crippen LogP) is 5.67. The van der Waals surface area contributed by atoms with E-state index in [0.29, 0.717) is 11.8 Å². The Hall–Kier alpha value is -1.04. The van der Waals surface area contributed by atoms with Crippen LogP contribution in [0.4, 0.5) is 0 Å². The van der Waals surface area contributed by atoms with Crippen LogP contribution in [-0.4, -0.2) is 0 Å². The van der Waals surface area contributed by atoms with Crippen LogP contribution in [0.5, 0.6) is 0 Å². The Labute approximate surface area is 112 Å². The maximum absolute atomic E-state index is 2.47. The number of allylic oxidation sites excluding steroid dienone is 1. The van der Waals surface area contributed by atoms with Crippen molar-refractivity contribution < 1.29 is 0 Å². The average Bonchev–Trinajstić information content (AvgIpc) is 2.75. The third-order valence-electron chi connectivity index (χ3n) is 4.50. The summed E-state index contributed by atoms with van der Waals surface area (Å²) in [4.78, 5) is 0. The Kier molecular flexibility index (Phi) is 3.94. The first kappa shape index (κ1) is 13.4. The van der Waals surface area contributed by atoms with Crippen molar-refractivity contribution >= 4 is 6.08 Å². The largest absolute Gasteiger partial charge is 0.0683 e. The molecule has 1 aliphatic rings. The molecule has 0 amide bonds. The first-order valence-electron chi connectivity index (χ1n) is 7.40. The molecule has 0 bridgehead atoms. The van der Waals surface area contributed by atoms with E-state index >= 15 is 0 Å². The number of fused-ring (bicyclic) bond motifs is 1. The van der Waals surface area contributed by atoms with Gasteiger partial charge in [-0.25, -0.2) is 0 Å². The molecular formula is C18H26. The van der Waals surface area contributed by atoms with Gasteiger partial charge in [-0.05, 0) is 60.3 Å². The minimum absolute atomic E-state index is 0.671. The molecule has 0 nitrogen and oxygen atoms in total. The summed E-state index contributed by atoms with van der Waals surface area (Å²) in [6.07, 6.45) is 6.01. The zero-order valence-electron chi connectivity index (χ0n) is 12.5. The van der Waals surface area contributed by atoms with Crippen molar-refractivity contribution in [1.29, 1.82) is 0 Å². The van der Waals surface area contributed by atoms with E-state index in [1.54, 1.807) is 11.1 Å². The van der Waals surface area contributed by atoms with Crippen molar-refractivity contribution in [3.05, 3.63) is 40.0 Å². The summed E-state index contributed by atoms with van der Waals surface area (Å²) >= 11 is 0. The fourth-order valence-electron chi connectivity index (χ4n) is 2.83. The van der Waals surface area contributed by atoms with Crippen LogP contribution in [0.25, 0.3) is 6.08 Å². The van der Waals surface area contributed by atoms with Crippen LogP contribution < -0.4 is 0 Å². The van der Waals surface area contributed by atoms with Gasteiger partial charge in [-0.2, -0.15) is 0 Å². The van der Waals surface area contributed by atoms with Crippen molar-refractivity contribution in [2.45, 2.75) is 65.7 Å². The van der Waals surface area contributed by atoms with E-state index in [-0.39, 0.29) is 0 Å². The highest BCUT2D eigenvalue weighted by atomic mass is 14.2. The third-order valence-corrected chi connectivity index (χ3v) is 4.50. The molecule has 0 N–H and O–H groups in total. The van der Waals surface area contributed by atoms with E-state index in [4.69, 9.17) is 0 Å². The number of hydrogen-bond donors (Lipinski definition) is 0. The van der Waals surface area contributed by atoms with Crippen LogP contribution in [0.15, 0.2) is 17.7 Å². The maximum atomic E-state index is 2.47. The van der Waals surface area contributed by atoms with Gasteiger partial charge in [-0.3, -0.25) is 0 Å². The zero-order chi connectivity index (χ0) is 13.3. The Balaban J connectivity index is 2.51. The summed E-state index contributed by atoms with van der Waals surface area (Å²) in [6, 6.07) is 4.92. The lowest BCUT2D eigenvalue weighted by atomic mass is 9.86. The maximum Gasteiger partial charge on any atom is -0.00604 e. The van der Waals surface area contributed by atoms with Gasteiger partial charge in [0.05, 0.1) is 0 Å². The second-order valence-electron chi connectivity index (χ2n) is 5.97. The molecule has 2 rings (SSSR count). The molecule has 18 heavy (non-hydrogen) atoms. The summed E-state index contributed by atoms with van der Waals surface area (Å²) in [7, 11) is 0. The quantitative estimate of drug-likeness (QED) is 0.638. The molecule has 2 unspecified atom stereocenters. The third kappa shape index (κ3) is 2.39. The van der Waals surface area contributed by atoms with Gasteiger partial charge in [0.15, 0.2) is 0 Å². The van der Waals surface area contributed by atoms with Gasteiger partial charge in [0.2, 0.25) is 0 Å². The Morgan fingerprint density at radius 3 is 2.33 bits per heavy atom. The van der Waals surface area contributed by atoms with Crippen LogP contribution in [0.3, 0.4) is 0 Å². The van der Waals surface area contributed by atoms with Crippen molar-refractivity contribution in [2.24, 2.45) is 0 Å². The molecule has 98 valence electrons. The molecule has 1 aromatic carbocycles. The van der Waals surface area contributed by atoms with Crippen molar-refractivity contribution in [3.8, 4) is 0 Å². The molecule has 0 radical (unpaired) electrons. The highest BCUT2D eigenvalue weighted by Gasteiger charge is 2.19. The normalized spacial score (nSPS) is 17.3. The summed E-state index contributed by atoms with van der Waals surface area (Å²) < 4.78 is 0. The predicted molar refractivity (Wildman–Crippen MR) is 81.2 cm³/mol. The fourth-order valence-corrected chi connectivity index (χ4v) is 2.83. The van der Waals surface area contributed by atoms with E-state index in [9.17, 15) is 0 Å². The molecule has 0 spiro atoms. The molecule has 0 heteroatoms. The lowest BCUT2D eigenvalue weighted by Crippen LogP contribution is -2.01. The lowest BCUT2D eigenvalue weighted by Gasteiger charge is -2.19. The Bertz CT molecular complexity index is 465. The topological polar surface area (TPSA) is 0 Å². The Morgan fingerprint density at radius 1 is 1.06 bits per heavy atom. The summed E-state index contributed by atoms with van der Waals surface area (Å²) in [5.74, 6) is 1.35. The van der Waals surface area contributed by atoms with Gasteiger partial charge in [-0.1, -0.05) is 51.5 Å². The van der Waals surface area contributed by atoms with Crippen LogP contribution in [0.2, 0.25) is 0 Å². The SMILES string of the molecule is CCC(C)c1cc2c(c(C(C)CC)c1)C=C(C)C2. The summed E-state index contributed by atoms with van der Waals surface area (Å²) in [5.41, 5.74) is 7.70. The Morgan fingerprint density at radius 2 is 1.72 bits per heavy atom. The van der Waals surface area contributed by atoms with Gasteiger partial charge in [0, 0.05) is 0 Å². The van der Waals surface area contributed by atoms with Crippen LogP contribution >= 0.6 is 0 Å².